The number of aliphatic hydroxyl groups is 1. The average Bonchev–Trinajstić information content (AvgIpc) is 3.50. The summed E-state index contributed by atoms with van der Waals surface area (Å²) in [6.45, 7) is 5.43. The van der Waals surface area contributed by atoms with Crippen LogP contribution in [0.25, 0.3) is 16.9 Å². The Balaban J connectivity index is 1.35. The minimum atomic E-state index is -4.14. The number of aryl methyl sites for hydroxylation is 1. The van der Waals surface area contributed by atoms with Crippen molar-refractivity contribution in [3.8, 4) is 22.6 Å². The first kappa shape index (κ1) is 31.3. The number of aliphatic hydroxyl groups excluding tert-OH is 1. The number of ether oxygens (including phenoxy) is 1. The van der Waals surface area contributed by atoms with E-state index in [1.807, 2.05) is 48.5 Å². The molecule has 0 unspecified atom stereocenters. The molecule has 0 atom stereocenters. The number of nitrogens with zero attached hydrogens (tertiary/aromatic N) is 4. The number of hydrogen-bond donors (Lipinski definition) is 1. The quantitative estimate of drug-likeness (QED) is 0.143. The van der Waals surface area contributed by atoms with Crippen LogP contribution in [0.3, 0.4) is 0 Å². The molecule has 0 spiro atoms. The maximum absolute atomic E-state index is 14.5. The van der Waals surface area contributed by atoms with Crippen molar-refractivity contribution in [2.75, 3.05) is 4.31 Å². The van der Waals surface area contributed by atoms with Gasteiger partial charge >= 0.3 is 0 Å². The molecule has 0 saturated carbocycles. The van der Waals surface area contributed by atoms with Gasteiger partial charge in [0.05, 0.1) is 23.7 Å². The highest BCUT2D eigenvalue weighted by Crippen LogP contribution is 2.32. The van der Waals surface area contributed by atoms with Crippen LogP contribution in [-0.2, 0) is 23.1 Å². The summed E-state index contributed by atoms with van der Waals surface area (Å²) in [4.78, 5) is 0.127. The maximum atomic E-state index is 14.5. The molecule has 1 N–H and O–H groups in total. The summed E-state index contributed by atoms with van der Waals surface area (Å²) >= 11 is 0. The van der Waals surface area contributed by atoms with Crippen molar-refractivity contribution in [1.29, 1.82) is 0 Å². The van der Waals surface area contributed by atoms with Gasteiger partial charge in [-0.15, -0.1) is 10.2 Å². The number of hydrogen-bond acceptors (Lipinski definition) is 6. The Morgan fingerprint density at radius 2 is 1.57 bits per heavy atom. The Morgan fingerprint density at radius 3 is 2.26 bits per heavy atom. The second-order valence-corrected chi connectivity index (χ2v) is 12.8. The third-order valence-corrected chi connectivity index (χ3v) is 9.55. The van der Waals surface area contributed by atoms with Crippen molar-refractivity contribution in [1.82, 2.24) is 14.8 Å². The Labute approximate surface area is 272 Å². The molecule has 8 nitrogen and oxygen atoms in total. The summed E-state index contributed by atoms with van der Waals surface area (Å²) < 4.78 is 51.8. The summed E-state index contributed by atoms with van der Waals surface area (Å²) in [5, 5.41) is 18.0. The highest BCUT2D eigenvalue weighted by atomic mass is 32.2. The second kappa shape index (κ2) is 13.3. The van der Waals surface area contributed by atoms with Crippen molar-refractivity contribution in [2.24, 2.45) is 0 Å². The van der Waals surface area contributed by atoms with Crippen LogP contribution in [0, 0.1) is 12.7 Å². The van der Waals surface area contributed by atoms with Gasteiger partial charge in [-0.25, -0.2) is 12.8 Å². The topological polar surface area (TPSA) is 97.5 Å². The molecule has 1 heterocycles. The van der Waals surface area contributed by atoms with Gasteiger partial charge in [0, 0.05) is 5.56 Å². The molecule has 6 rings (SSSR count). The normalized spacial score (nSPS) is 11.3. The predicted molar refractivity (Wildman–Crippen MR) is 180 cm³/mol. The lowest BCUT2D eigenvalue weighted by atomic mass is 10.0. The predicted octanol–water partition coefficient (Wildman–Crippen LogP) is 8.16. The second-order valence-electron chi connectivity index (χ2n) is 10.9. The highest BCUT2D eigenvalue weighted by molar-refractivity contribution is 7.92. The van der Waals surface area contributed by atoms with Gasteiger partial charge < -0.3 is 14.4 Å². The van der Waals surface area contributed by atoms with Crippen LogP contribution in [0.2, 0.25) is 0 Å². The first-order valence-corrected chi connectivity index (χ1v) is 16.2. The fraction of sp³-hybridized carbons (Fsp3) is 0.0811. The largest absolute Gasteiger partial charge is 0.508 e. The van der Waals surface area contributed by atoms with Crippen molar-refractivity contribution < 1.29 is 22.7 Å². The van der Waals surface area contributed by atoms with Crippen LogP contribution in [0.15, 0.2) is 139 Å². The standard InChI is InChI=1S/C37H31FN4O4S/c1-26-21-31(30-13-11-29(12-14-30)27(2)43)15-20-36(26)47(44,45)42(33-16-18-35(19-17-33)46-34-9-4-3-5-10-34)24-37-40-39-25-41(37)23-28-7-6-8-32(38)22-28/h3-22,25,43H,2,23-24H2,1H3. The minimum absolute atomic E-state index is 0.0271. The van der Waals surface area contributed by atoms with E-state index in [0.717, 1.165) is 11.1 Å². The van der Waals surface area contributed by atoms with Gasteiger partial charge in [-0.1, -0.05) is 73.3 Å². The van der Waals surface area contributed by atoms with Gasteiger partial charge in [-0.3, -0.25) is 4.31 Å². The summed E-state index contributed by atoms with van der Waals surface area (Å²) in [6.07, 6.45) is 1.50. The van der Waals surface area contributed by atoms with Gasteiger partial charge in [0.15, 0.2) is 5.82 Å². The van der Waals surface area contributed by atoms with Crippen LogP contribution in [0.4, 0.5) is 10.1 Å². The molecule has 0 amide bonds. The zero-order valence-corrected chi connectivity index (χ0v) is 26.3. The van der Waals surface area contributed by atoms with Gasteiger partial charge in [0.1, 0.15) is 29.4 Å². The van der Waals surface area contributed by atoms with Crippen LogP contribution >= 0.6 is 0 Å². The summed E-state index contributed by atoms with van der Waals surface area (Å²) in [7, 11) is -4.14. The number of aromatic nitrogens is 3. The smallest absolute Gasteiger partial charge is 0.264 e. The van der Waals surface area contributed by atoms with Crippen molar-refractivity contribution >= 4 is 21.5 Å². The first-order valence-electron chi connectivity index (χ1n) is 14.7. The molecular formula is C37H31FN4O4S. The van der Waals surface area contributed by atoms with E-state index in [2.05, 4.69) is 16.8 Å². The summed E-state index contributed by atoms with van der Waals surface area (Å²) in [5.74, 6) is 1.18. The fourth-order valence-corrected chi connectivity index (χ4v) is 6.83. The van der Waals surface area contributed by atoms with Gasteiger partial charge in [0.25, 0.3) is 10.0 Å². The van der Waals surface area contributed by atoms with E-state index in [1.54, 1.807) is 72.2 Å². The molecule has 6 aromatic rings. The molecule has 0 aliphatic carbocycles. The lowest BCUT2D eigenvalue weighted by Crippen LogP contribution is -2.32. The zero-order chi connectivity index (χ0) is 33.0. The number of benzene rings is 5. The number of anilines is 1. The van der Waals surface area contributed by atoms with Crippen LogP contribution in [-0.4, -0.2) is 28.3 Å². The monoisotopic (exact) mass is 646 g/mol. The van der Waals surface area contributed by atoms with Crippen LogP contribution < -0.4 is 9.04 Å². The molecule has 0 fully saturated rings. The maximum Gasteiger partial charge on any atom is 0.264 e. The van der Waals surface area contributed by atoms with E-state index in [1.165, 1.54) is 22.8 Å². The van der Waals surface area contributed by atoms with Crippen molar-refractivity contribution in [2.45, 2.75) is 24.9 Å². The van der Waals surface area contributed by atoms with Gasteiger partial charge in [-0.05, 0) is 83.8 Å². The van der Waals surface area contributed by atoms with Crippen molar-refractivity contribution in [3.05, 3.63) is 163 Å². The van der Waals surface area contributed by atoms with Gasteiger partial charge in [-0.2, -0.15) is 0 Å². The average molecular weight is 647 g/mol. The number of halogens is 1. The summed E-state index contributed by atoms with van der Waals surface area (Å²) in [5.41, 5.74) is 3.91. The number of rotatable bonds is 11. The number of sulfonamides is 1. The molecule has 0 radical (unpaired) electrons. The molecule has 0 saturated heterocycles. The molecule has 0 aliphatic heterocycles. The van der Waals surface area contributed by atoms with Crippen molar-refractivity contribution in [3.63, 3.8) is 0 Å². The Kier molecular flexibility index (Phi) is 8.86. The van der Waals surface area contributed by atoms with Crippen LogP contribution in [0.5, 0.6) is 11.5 Å². The first-order chi connectivity index (χ1) is 22.7. The molecule has 0 aliphatic rings. The molecule has 0 bridgehead atoms. The molecule has 1 aromatic heterocycles. The molecular weight excluding hydrogens is 615 g/mol. The Bertz CT molecular complexity index is 2130. The SMILES string of the molecule is C=C(O)c1ccc(-c2ccc(S(=O)(=O)N(Cc3nncn3Cc3cccc(F)c3)c3ccc(Oc4ccccc4)cc3)c(C)c2)cc1. The van der Waals surface area contributed by atoms with E-state index in [9.17, 15) is 17.9 Å². The lowest BCUT2D eigenvalue weighted by molar-refractivity contribution is 0.482. The molecule has 236 valence electrons. The third kappa shape index (κ3) is 7.08. The molecule has 47 heavy (non-hydrogen) atoms. The van der Waals surface area contributed by atoms with E-state index >= 15 is 0 Å². The van der Waals surface area contributed by atoms with E-state index < -0.39 is 10.0 Å². The molecule has 10 heteroatoms. The van der Waals surface area contributed by atoms with E-state index in [4.69, 9.17) is 4.74 Å². The Hall–Kier alpha value is -5.74. The fourth-order valence-electron chi connectivity index (χ4n) is 5.21. The van der Waals surface area contributed by atoms with E-state index in [-0.39, 0.29) is 29.6 Å². The third-order valence-electron chi connectivity index (χ3n) is 7.62. The Morgan fingerprint density at radius 1 is 0.872 bits per heavy atom. The summed E-state index contributed by atoms with van der Waals surface area (Å²) in [6, 6.07) is 34.6. The van der Waals surface area contributed by atoms with E-state index in [0.29, 0.717) is 39.7 Å². The number of para-hydroxylation sites is 1. The molecule has 5 aromatic carbocycles. The van der Waals surface area contributed by atoms with Crippen LogP contribution in [0.1, 0.15) is 22.5 Å². The lowest BCUT2D eigenvalue weighted by Gasteiger charge is -2.25. The zero-order valence-electron chi connectivity index (χ0n) is 25.5. The highest BCUT2D eigenvalue weighted by Gasteiger charge is 2.29. The van der Waals surface area contributed by atoms with Gasteiger partial charge in [0.2, 0.25) is 0 Å². The minimum Gasteiger partial charge on any atom is -0.508 e.